The van der Waals surface area contributed by atoms with E-state index in [4.69, 9.17) is 0 Å². The van der Waals surface area contributed by atoms with Crippen molar-refractivity contribution in [2.24, 2.45) is 5.92 Å². The summed E-state index contributed by atoms with van der Waals surface area (Å²) in [5.74, 6) is 2.58. The quantitative estimate of drug-likeness (QED) is 0.861. The first kappa shape index (κ1) is 12.3. The highest BCUT2D eigenvalue weighted by molar-refractivity contribution is 5.36. The van der Waals surface area contributed by atoms with Gasteiger partial charge in [0.1, 0.15) is 11.6 Å². The molecule has 2 rings (SSSR count). The second-order valence-electron chi connectivity index (χ2n) is 4.94. The van der Waals surface area contributed by atoms with Gasteiger partial charge in [-0.2, -0.15) is 0 Å². The van der Waals surface area contributed by atoms with Gasteiger partial charge in [-0.05, 0) is 39.3 Å². The number of anilines is 1. The zero-order chi connectivity index (χ0) is 12.3. The topological polar surface area (TPSA) is 41.0 Å². The minimum absolute atomic E-state index is 0.750. The van der Waals surface area contributed by atoms with Crippen LogP contribution in [0.4, 0.5) is 5.82 Å². The van der Waals surface area contributed by atoms with E-state index in [1.54, 1.807) is 0 Å². The molecule has 0 spiro atoms. The molecule has 1 aromatic rings. The molecule has 0 radical (unpaired) electrons. The predicted octanol–water partition coefficient (Wildman–Crippen LogP) is 1.71. The molecule has 1 aliphatic heterocycles. The van der Waals surface area contributed by atoms with Crippen LogP contribution in [0.5, 0.6) is 0 Å². The summed E-state index contributed by atoms with van der Waals surface area (Å²) < 4.78 is 0. The van der Waals surface area contributed by atoms with Crippen LogP contribution in [-0.4, -0.2) is 41.5 Å². The predicted molar refractivity (Wildman–Crippen MR) is 70.2 cm³/mol. The van der Waals surface area contributed by atoms with Gasteiger partial charge < -0.3 is 10.2 Å². The lowest BCUT2D eigenvalue weighted by atomic mass is 10.1. The van der Waals surface area contributed by atoms with Crippen molar-refractivity contribution in [2.45, 2.75) is 26.7 Å². The van der Waals surface area contributed by atoms with Gasteiger partial charge in [0.05, 0.1) is 0 Å². The molecule has 1 aliphatic rings. The molecule has 4 nitrogen and oxygen atoms in total. The van der Waals surface area contributed by atoms with Crippen LogP contribution in [0.1, 0.15) is 24.9 Å². The second kappa shape index (κ2) is 5.45. The monoisotopic (exact) mass is 234 g/mol. The number of hydrogen-bond acceptors (Lipinski definition) is 4. The van der Waals surface area contributed by atoms with Crippen molar-refractivity contribution < 1.29 is 0 Å². The highest BCUT2D eigenvalue weighted by Crippen LogP contribution is 2.15. The molecule has 17 heavy (non-hydrogen) atoms. The first-order valence-corrected chi connectivity index (χ1v) is 6.44. The molecule has 0 aliphatic carbocycles. The number of rotatable bonds is 4. The smallest absolute Gasteiger partial charge is 0.129 e. The van der Waals surface area contributed by atoms with Gasteiger partial charge in [-0.15, -0.1) is 0 Å². The first-order chi connectivity index (χ1) is 8.17. The van der Waals surface area contributed by atoms with Crippen molar-refractivity contribution in [2.75, 3.05) is 32.0 Å². The Kier molecular flexibility index (Phi) is 3.94. The molecule has 1 atom stereocenters. The normalized spacial score (nSPS) is 20.8. The van der Waals surface area contributed by atoms with Crippen molar-refractivity contribution in [3.05, 3.63) is 17.6 Å². The molecule has 2 heterocycles. The molecule has 0 saturated carbocycles. The lowest BCUT2D eigenvalue weighted by molar-refractivity contribution is 0.399. The summed E-state index contributed by atoms with van der Waals surface area (Å²) in [6.45, 7) is 7.50. The van der Waals surface area contributed by atoms with E-state index >= 15 is 0 Å². The maximum Gasteiger partial charge on any atom is 0.129 e. The highest BCUT2D eigenvalue weighted by atomic mass is 15.1. The summed E-state index contributed by atoms with van der Waals surface area (Å²) >= 11 is 0. The van der Waals surface area contributed by atoms with E-state index in [1.807, 2.05) is 6.92 Å². The molecule has 1 unspecified atom stereocenters. The Morgan fingerprint density at radius 2 is 2.29 bits per heavy atom. The highest BCUT2D eigenvalue weighted by Gasteiger charge is 2.19. The van der Waals surface area contributed by atoms with Crippen molar-refractivity contribution in [1.82, 2.24) is 14.9 Å². The van der Waals surface area contributed by atoms with E-state index < -0.39 is 0 Å². The largest absolute Gasteiger partial charge is 0.370 e. The maximum absolute atomic E-state index is 4.43. The van der Waals surface area contributed by atoms with Gasteiger partial charge in [-0.25, -0.2) is 9.97 Å². The number of hydrogen-bond donors (Lipinski definition) is 1. The summed E-state index contributed by atoms with van der Waals surface area (Å²) in [6, 6.07) is 2.06. The van der Waals surface area contributed by atoms with E-state index in [-0.39, 0.29) is 0 Å². The van der Waals surface area contributed by atoms with Crippen molar-refractivity contribution in [3.8, 4) is 0 Å². The summed E-state index contributed by atoms with van der Waals surface area (Å²) in [4.78, 5) is 11.2. The summed E-state index contributed by atoms with van der Waals surface area (Å²) in [7, 11) is 2.18. The number of aromatic nitrogens is 2. The Morgan fingerprint density at radius 1 is 1.47 bits per heavy atom. The number of aryl methyl sites for hydroxylation is 2. The molecule has 4 heteroatoms. The zero-order valence-corrected chi connectivity index (χ0v) is 11.0. The van der Waals surface area contributed by atoms with Crippen molar-refractivity contribution in [1.29, 1.82) is 0 Å². The fourth-order valence-corrected chi connectivity index (χ4v) is 2.34. The standard InChI is InChI=1S/C13H22N4/c1-4-12-7-13(16-10(2)15-12)14-8-11-5-6-17(3)9-11/h7,11H,4-6,8-9H2,1-3H3,(H,14,15,16). The van der Waals surface area contributed by atoms with Gasteiger partial charge in [0.15, 0.2) is 0 Å². The SMILES string of the molecule is CCc1cc(NCC2CCN(C)C2)nc(C)n1. The molecule has 1 saturated heterocycles. The van der Waals surface area contributed by atoms with Crippen molar-refractivity contribution in [3.63, 3.8) is 0 Å². The van der Waals surface area contributed by atoms with Crippen LogP contribution in [-0.2, 0) is 6.42 Å². The van der Waals surface area contributed by atoms with Gasteiger partial charge in [0.25, 0.3) is 0 Å². The number of nitrogens with zero attached hydrogens (tertiary/aromatic N) is 3. The van der Waals surface area contributed by atoms with Crippen LogP contribution in [0.3, 0.4) is 0 Å². The van der Waals surface area contributed by atoms with Crippen LogP contribution in [0.25, 0.3) is 0 Å². The summed E-state index contributed by atoms with van der Waals surface area (Å²) in [6.07, 6.45) is 2.25. The van der Waals surface area contributed by atoms with E-state index in [1.165, 1.54) is 19.5 Å². The lowest BCUT2D eigenvalue weighted by Crippen LogP contribution is -2.19. The van der Waals surface area contributed by atoms with Gasteiger partial charge in [0, 0.05) is 24.8 Å². The molecule has 94 valence electrons. The Morgan fingerprint density at radius 3 is 2.94 bits per heavy atom. The third kappa shape index (κ3) is 3.40. The van der Waals surface area contributed by atoms with Gasteiger partial charge >= 0.3 is 0 Å². The lowest BCUT2D eigenvalue weighted by Gasteiger charge is -2.13. The fourth-order valence-electron chi connectivity index (χ4n) is 2.34. The van der Waals surface area contributed by atoms with E-state index in [0.29, 0.717) is 0 Å². The van der Waals surface area contributed by atoms with Crippen LogP contribution < -0.4 is 5.32 Å². The van der Waals surface area contributed by atoms with Crippen molar-refractivity contribution >= 4 is 5.82 Å². The zero-order valence-electron chi connectivity index (χ0n) is 11.0. The molecule has 0 aromatic carbocycles. The van der Waals surface area contributed by atoms with Crippen LogP contribution >= 0.6 is 0 Å². The Bertz CT molecular complexity index is 378. The van der Waals surface area contributed by atoms with E-state index in [2.05, 4.69) is 40.2 Å². The van der Waals surface area contributed by atoms with Gasteiger partial charge in [-0.1, -0.05) is 6.92 Å². The molecule has 1 aromatic heterocycles. The third-order valence-electron chi connectivity index (χ3n) is 3.31. The molecule has 0 amide bonds. The Labute approximate surface area is 103 Å². The number of nitrogens with one attached hydrogen (secondary N) is 1. The molecular formula is C13H22N4. The summed E-state index contributed by atoms with van der Waals surface area (Å²) in [5.41, 5.74) is 1.11. The first-order valence-electron chi connectivity index (χ1n) is 6.44. The minimum Gasteiger partial charge on any atom is -0.370 e. The average molecular weight is 234 g/mol. The average Bonchev–Trinajstić information content (AvgIpc) is 2.72. The van der Waals surface area contributed by atoms with Gasteiger partial charge in [0.2, 0.25) is 0 Å². The maximum atomic E-state index is 4.43. The van der Waals surface area contributed by atoms with Gasteiger partial charge in [-0.3, -0.25) is 0 Å². The molecule has 1 N–H and O–H groups in total. The fraction of sp³-hybridized carbons (Fsp3) is 0.692. The second-order valence-corrected chi connectivity index (χ2v) is 4.94. The molecule has 0 bridgehead atoms. The summed E-state index contributed by atoms with van der Waals surface area (Å²) in [5, 5.41) is 3.44. The van der Waals surface area contributed by atoms with E-state index in [0.717, 1.165) is 36.2 Å². The van der Waals surface area contributed by atoms with E-state index in [9.17, 15) is 0 Å². The third-order valence-corrected chi connectivity index (χ3v) is 3.31. The minimum atomic E-state index is 0.750. The van der Waals surface area contributed by atoms with Crippen LogP contribution in [0, 0.1) is 12.8 Å². The van der Waals surface area contributed by atoms with Crippen LogP contribution in [0.15, 0.2) is 6.07 Å². The van der Waals surface area contributed by atoms with Crippen LogP contribution in [0.2, 0.25) is 0 Å². The molecular weight excluding hydrogens is 212 g/mol. The Hall–Kier alpha value is -1.16. The number of likely N-dealkylation sites (tertiary alicyclic amines) is 1. The molecule has 1 fully saturated rings. The Balaban J connectivity index is 1.92.